The van der Waals surface area contributed by atoms with Crippen molar-refractivity contribution in [1.82, 2.24) is 0 Å². The second-order valence-electron chi connectivity index (χ2n) is 2.65. The number of benzene rings is 1. The van der Waals surface area contributed by atoms with Gasteiger partial charge in [0.05, 0.1) is 0 Å². The molecule has 9 heteroatoms. The van der Waals surface area contributed by atoms with Crippen LogP contribution in [0.5, 0.6) is 11.5 Å². The summed E-state index contributed by atoms with van der Waals surface area (Å²) in [6, 6.07) is 5.64. The standard InChI is InChI=1S/C6H6O7P2/c7-14(8)11-5-3-1-2-4-6(5)12-15(9,10)13-14/h1-4H,(H,7,8)(H,9,10). The largest absolute Gasteiger partial charge is 0.537 e. The highest BCUT2D eigenvalue weighted by atomic mass is 31.3. The molecule has 0 saturated carbocycles. The van der Waals surface area contributed by atoms with Crippen molar-refractivity contribution in [3.8, 4) is 11.5 Å². The van der Waals surface area contributed by atoms with Gasteiger partial charge in [-0.3, -0.25) is 9.79 Å². The Morgan fingerprint density at radius 3 is 1.73 bits per heavy atom. The van der Waals surface area contributed by atoms with Crippen molar-refractivity contribution >= 4 is 15.6 Å². The first-order valence-electron chi connectivity index (χ1n) is 3.73. The van der Waals surface area contributed by atoms with E-state index < -0.39 is 15.6 Å². The molecular formula is C6H6O7P2. The van der Waals surface area contributed by atoms with Crippen LogP contribution in [0.1, 0.15) is 0 Å². The van der Waals surface area contributed by atoms with Gasteiger partial charge >= 0.3 is 15.6 Å². The molecule has 2 rings (SSSR count). The number of fused-ring (bicyclic) bond motifs is 1. The minimum Gasteiger partial charge on any atom is -0.400 e. The van der Waals surface area contributed by atoms with Gasteiger partial charge in [0.2, 0.25) is 0 Å². The molecule has 1 aliphatic rings. The van der Waals surface area contributed by atoms with Gasteiger partial charge in [0.15, 0.2) is 11.5 Å². The summed E-state index contributed by atoms with van der Waals surface area (Å²) in [4.78, 5) is 18.1. The zero-order valence-corrected chi connectivity index (χ0v) is 8.93. The third-order valence-corrected chi connectivity index (χ3v) is 3.99. The fourth-order valence-corrected chi connectivity index (χ4v) is 3.12. The van der Waals surface area contributed by atoms with Crippen LogP contribution in [-0.2, 0) is 13.4 Å². The first-order chi connectivity index (χ1) is 6.88. The topological polar surface area (TPSA) is 102 Å². The minimum absolute atomic E-state index is 0.130. The normalized spacial score (nSPS) is 34.5. The van der Waals surface area contributed by atoms with Gasteiger partial charge in [0.1, 0.15) is 0 Å². The monoisotopic (exact) mass is 252 g/mol. The lowest BCUT2D eigenvalue weighted by Crippen LogP contribution is -1.94. The number of para-hydroxylation sites is 2. The third-order valence-electron chi connectivity index (χ3n) is 1.48. The van der Waals surface area contributed by atoms with Crippen LogP contribution in [0, 0.1) is 0 Å². The van der Waals surface area contributed by atoms with Crippen LogP contribution in [0.4, 0.5) is 0 Å². The van der Waals surface area contributed by atoms with E-state index in [2.05, 4.69) is 13.4 Å². The van der Waals surface area contributed by atoms with E-state index in [0.29, 0.717) is 0 Å². The molecule has 7 nitrogen and oxygen atoms in total. The minimum atomic E-state index is -4.62. The van der Waals surface area contributed by atoms with E-state index in [0.717, 1.165) is 0 Å². The van der Waals surface area contributed by atoms with Crippen LogP contribution in [-0.4, -0.2) is 9.79 Å². The van der Waals surface area contributed by atoms with Crippen molar-refractivity contribution in [2.45, 2.75) is 0 Å². The predicted octanol–water partition coefficient (Wildman–Crippen LogP) is 1.68. The maximum Gasteiger partial charge on any atom is 0.537 e. The summed E-state index contributed by atoms with van der Waals surface area (Å²) in [5.41, 5.74) is 0. The zero-order valence-electron chi connectivity index (χ0n) is 7.14. The summed E-state index contributed by atoms with van der Waals surface area (Å²) < 4.78 is 35.2. The molecule has 82 valence electrons. The van der Waals surface area contributed by atoms with Gasteiger partial charge in [-0.1, -0.05) is 12.1 Å². The van der Waals surface area contributed by atoms with Crippen LogP contribution < -0.4 is 9.05 Å². The molecule has 2 N–H and O–H groups in total. The van der Waals surface area contributed by atoms with Crippen molar-refractivity contribution in [2.24, 2.45) is 0 Å². The molecule has 2 unspecified atom stereocenters. The summed E-state index contributed by atoms with van der Waals surface area (Å²) >= 11 is 0. The number of rotatable bonds is 0. The second-order valence-corrected chi connectivity index (χ2v) is 5.54. The molecule has 1 aliphatic heterocycles. The molecule has 0 spiro atoms. The lowest BCUT2D eigenvalue weighted by molar-refractivity contribution is 0.249. The van der Waals surface area contributed by atoms with Crippen molar-refractivity contribution in [2.75, 3.05) is 0 Å². The van der Waals surface area contributed by atoms with Crippen molar-refractivity contribution in [3.63, 3.8) is 0 Å². The van der Waals surface area contributed by atoms with Gasteiger partial charge in [0.25, 0.3) is 0 Å². The highest BCUT2D eigenvalue weighted by Gasteiger charge is 2.41. The van der Waals surface area contributed by atoms with Gasteiger partial charge in [-0.05, 0) is 12.1 Å². The van der Waals surface area contributed by atoms with Crippen molar-refractivity contribution < 1.29 is 32.3 Å². The average Bonchev–Trinajstić information content (AvgIpc) is 2.13. The summed E-state index contributed by atoms with van der Waals surface area (Å²) in [5.74, 6) is -0.259. The van der Waals surface area contributed by atoms with Crippen LogP contribution in [0.2, 0.25) is 0 Å². The summed E-state index contributed by atoms with van der Waals surface area (Å²) in [6.45, 7) is 0. The third kappa shape index (κ3) is 2.40. The Hall–Kier alpha value is -0.840. The molecule has 0 radical (unpaired) electrons. The molecule has 1 aromatic carbocycles. The summed E-state index contributed by atoms with van der Waals surface area (Å²) in [5, 5.41) is 0. The molecule has 0 fully saturated rings. The van der Waals surface area contributed by atoms with E-state index in [4.69, 9.17) is 9.79 Å². The highest BCUT2D eigenvalue weighted by molar-refractivity contribution is 7.61. The van der Waals surface area contributed by atoms with Gasteiger partial charge < -0.3 is 9.05 Å². The number of hydrogen-bond acceptors (Lipinski definition) is 5. The SMILES string of the molecule is O=P1(O)Oc2ccccc2OP(=O)(O)O1. The Kier molecular flexibility index (Phi) is 2.37. The van der Waals surface area contributed by atoms with Crippen LogP contribution in [0.3, 0.4) is 0 Å². The van der Waals surface area contributed by atoms with Gasteiger partial charge in [-0.2, -0.15) is 4.31 Å². The first kappa shape index (κ1) is 10.7. The van der Waals surface area contributed by atoms with Gasteiger partial charge in [0, 0.05) is 0 Å². The lowest BCUT2D eigenvalue weighted by atomic mass is 10.3. The van der Waals surface area contributed by atoms with E-state index in [1.807, 2.05) is 0 Å². The number of hydrogen-bond donors (Lipinski definition) is 2. The van der Waals surface area contributed by atoms with E-state index in [-0.39, 0.29) is 11.5 Å². The Morgan fingerprint density at radius 1 is 0.933 bits per heavy atom. The molecule has 0 aliphatic carbocycles. The van der Waals surface area contributed by atoms with Crippen LogP contribution >= 0.6 is 15.6 Å². The molecular weight excluding hydrogens is 246 g/mol. The van der Waals surface area contributed by atoms with Crippen molar-refractivity contribution in [3.05, 3.63) is 24.3 Å². The van der Waals surface area contributed by atoms with E-state index in [1.165, 1.54) is 24.3 Å². The van der Waals surface area contributed by atoms with E-state index in [1.54, 1.807) is 0 Å². The molecule has 0 amide bonds. The van der Waals surface area contributed by atoms with Crippen molar-refractivity contribution in [1.29, 1.82) is 0 Å². The Balaban J connectivity index is 2.53. The van der Waals surface area contributed by atoms with Crippen LogP contribution in [0.15, 0.2) is 24.3 Å². The fourth-order valence-electron chi connectivity index (χ4n) is 1.01. The molecule has 15 heavy (non-hydrogen) atoms. The first-order valence-corrected chi connectivity index (χ1v) is 6.72. The molecule has 0 bridgehead atoms. The predicted molar refractivity (Wildman–Crippen MR) is 48.4 cm³/mol. The smallest absolute Gasteiger partial charge is 0.400 e. The molecule has 0 saturated heterocycles. The van der Waals surface area contributed by atoms with Crippen LogP contribution in [0.25, 0.3) is 0 Å². The molecule has 1 heterocycles. The van der Waals surface area contributed by atoms with E-state index in [9.17, 15) is 9.13 Å². The zero-order chi connectivity index (χ0) is 11.1. The number of phosphoric ester groups is 2. The molecule has 1 aromatic rings. The van der Waals surface area contributed by atoms with Gasteiger partial charge in [-0.25, -0.2) is 9.13 Å². The number of phosphoric acid groups is 2. The molecule has 2 atom stereocenters. The maximum absolute atomic E-state index is 11.1. The summed E-state index contributed by atoms with van der Waals surface area (Å²) in [6.07, 6.45) is 0. The maximum atomic E-state index is 11.1. The quantitative estimate of drug-likeness (QED) is 0.677. The average molecular weight is 252 g/mol. The fraction of sp³-hybridized carbons (Fsp3) is 0. The lowest BCUT2D eigenvalue weighted by Gasteiger charge is -2.08. The van der Waals surface area contributed by atoms with E-state index >= 15 is 0 Å². The Bertz CT molecular complexity index is 441. The highest BCUT2D eigenvalue weighted by Crippen LogP contribution is 2.64. The Labute approximate surface area is 84.5 Å². The molecule has 0 aromatic heterocycles. The summed E-state index contributed by atoms with van der Waals surface area (Å²) in [7, 11) is -9.24. The van der Waals surface area contributed by atoms with Gasteiger partial charge in [-0.15, -0.1) is 0 Å². The Morgan fingerprint density at radius 2 is 1.33 bits per heavy atom. The second kappa shape index (κ2) is 3.33.